The van der Waals surface area contributed by atoms with Crippen LogP contribution in [0, 0.1) is 12.3 Å². The van der Waals surface area contributed by atoms with Crippen LogP contribution in [-0.2, 0) is 11.2 Å². The molecule has 1 heterocycles. The lowest BCUT2D eigenvalue weighted by Crippen LogP contribution is -2.39. The van der Waals surface area contributed by atoms with Crippen molar-refractivity contribution in [3.8, 4) is 0 Å². The monoisotopic (exact) mass is 269 g/mol. The van der Waals surface area contributed by atoms with Crippen molar-refractivity contribution in [2.75, 3.05) is 13.2 Å². The van der Waals surface area contributed by atoms with E-state index in [0.717, 1.165) is 12.8 Å². The third-order valence-electron chi connectivity index (χ3n) is 3.63. The number of hydrogen-bond acceptors (Lipinski definition) is 5. The minimum absolute atomic E-state index is 0.0596. The maximum atomic E-state index is 11.7. The smallest absolute Gasteiger partial charge is 0.227 e. The van der Waals surface area contributed by atoms with Crippen molar-refractivity contribution >= 4 is 5.91 Å². The summed E-state index contributed by atoms with van der Waals surface area (Å²) in [5.74, 6) is 0.995. The highest BCUT2D eigenvalue weighted by atomic mass is 16.5. The standard InChI is InChI=1S/C13H23N3O3/c1-4-13(5-2,9-17)8-14-11(18)6-7-12-15-10(3)16-19-12/h17H,4-9H2,1-3H3,(H,14,18). The van der Waals surface area contributed by atoms with E-state index in [9.17, 15) is 9.90 Å². The van der Waals surface area contributed by atoms with Gasteiger partial charge in [-0.3, -0.25) is 4.79 Å². The van der Waals surface area contributed by atoms with E-state index in [2.05, 4.69) is 15.5 Å². The van der Waals surface area contributed by atoms with Gasteiger partial charge in [0.05, 0.1) is 6.61 Å². The minimum atomic E-state index is -0.212. The summed E-state index contributed by atoms with van der Waals surface area (Å²) in [6.07, 6.45) is 2.43. The Morgan fingerprint density at radius 3 is 2.58 bits per heavy atom. The molecule has 1 aromatic heterocycles. The van der Waals surface area contributed by atoms with Crippen LogP contribution in [0.1, 0.15) is 44.8 Å². The van der Waals surface area contributed by atoms with Crippen molar-refractivity contribution < 1.29 is 14.4 Å². The third-order valence-corrected chi connectivity index (χ3v) is 3.63. The van der Waals surface area contributed by atoms with Crippen LogP contribution in [0.25, 0.3) is 0 Å². The number of amides is 1. The summed E-state index contributed by atoms with van der Waals surface area (Å²) >= 11 is 0. The van der Waals surface area contributed by atoms with Crippen molar-refractivity contribution in [1.29, 1.82) is 0 Å². The lowest BCUT2D eigenvalue weighted by molar-refractivity contribution is -0.121. The van der Waals surface area contributed by atoms with E-state index >= 15 is 0 Å². The summed E-state index contributed by atoms with van der Waals surface area (Å²) in [6.45, 7) is 6.37. The fourth-order valence-corrected chi connectivity index (χ4v) is 1.82. The number of aromatic nitrogens is 2. The Kier molecular flexibility index (Phi) is 5.95. The second-order valence-corrected chi connectivity index (χ2v) is 4.88. The topological polar surface area (TPSA) is 88.2 Å². The van der Waals surface area contributed by atoms with Crippen LogP contribution in [0.5, 0.6) is 0 Å². The van der Waals surface area contributed by atoms with E-state index in [1.165, 1.54) is 0 Å². The number of aliphatic hydroxyl groups excluding tert-OH is 1. The van der Waals surface area contributed by atoms with E-state index in [4.69, 9.17) is 4.52 Å². The number of nitrogens with zero attached hydrogens (tertiary/aromatic N) is 2. The molecule has 1 rings (SSSR count). The van der Waals surface area contributed by atoms with E-state index < -0.39 is 0 Å². The average molecular weight is 269 g/mol. The van der Waals surface area contributed by atoms with Crippen LogP contribution in [0.3, 0.4) is 0 Å². The molecule has 0 unspecified atom stereocenters. The summed E-state index contributed by atoms with van der Waals surface area (Å²) in [5.41, 5.74) is -0.212. The van der Waals surface area contributed by atoms with Crippen molar-refractivity contribution in [2.45, 2.75) is 46.5 Å². The molecular weight excluding hydrogens is 246 g/mol. The Labute approximate surface area is 113 Å². The SMILES string of the molecule is CCC(CC)(CO)CNC(=O)CCc1nc(C)no1. The van der Waals surface area contributed by atoms with Gasteiger partial charge in [-0.05, 0) is 19.8 Å². The van der Waals surface area contributed by atoms with Crippen LogP contribution < -0.4 is 5.32 Å². The van der Waals surface area contributed by atoms with E-state index in [0.29, 0.717) is 31.1 Å². The van der Waals surface area contributed by atoms with Gasteiger partial charge >= 0.3 is 0 Å². The van der Waals surface area contributed by atoms with E-state index in [1.54, 1.807) is 6.92 Å². The van der Waals surface area contributed by atoms with Crippen LogP contribution in [0.15, 0.2) is 4.52 Å². The second-order valence-electron chi connectivity index (χ2n) is 4.88. The third kappa shape index (κ3) is 4.63. The van der Waals surface area contributed by atoms with Gasteiger partial charge in [0.25, 0.3) is 0 Å². The fraction of sp³-hybridized carbons (Fsp3) is 0.769. The summed E-state index contributed by atoms with van der Waals surface area (Å²) in [5, 5.41) is 15.9. The molecule has 0 aliphatic rings. The number of rotatable bonds is 8. The lowest BCUT2D eigenvalue weighted by Gasteiger charge is -2.29. The number of aliphatic hydroxyl groups is 1. The molecule has 1 aromatic rings. The van der Waals surface area contributed by atoms with Gasteiger partial charge in [-0.15, -0.1) is 0 Å². The Morgan fingerprint density at radius 1 is 1.42 bits per heavy atom. The first kappa shape index (κ1) is 15.6. The molecule has 0 radical (unpaired) electrons. The van der Waals surface area contributed by atoms with Gasteiger partial charge in [-0.1, -0.05) is 19.0 Å². The highest BCUT2D eigenvalue weighted by Crippen LogP contribution is 2.24. The molecule has 0 spiro atoms. The maximum Gasteiger partial charge on any atom is 0.227 e. The van der Waals surface area contributed by atoms with Crippen molar-refractivity contribution in [3.05, 3.63) is 11.7 Å². The van der Waals surface area contributed by atoms with Gasteiger partial charge in [-0.2, -0.15) is 4.98 Å². The van der Waals surface area contributed by atoms with Crippen LogP contribution in [0.4, 0.5) is 0 Å². The minimum Gasteiger partial charge on any atom is -0.396 e. The van der Waals surface area contributed by atoms with Gasteiger partial charge < -0.3 is 14.9 Å². The maximum absolute atomic E-state index is 11.7. The van der Waals surface area contributed by atoms with Crippen molar-refractivity contribution in [3.63, 3.8) is 0 Å². The first-order chi connectivity index (χ1) is 9.05. The molecule has 2 N–H and O–H groups in total. The quantitative estimate of drug-likeness (QED) is 0.741. The van der Waals surface area contributed by atoms with Crippen LogP contribution >= 0.6 is 0 Å². The molecule has 0 aliphatic carbocycles. The van der Waals surface area contributed by atoms with Gasteiger partial charge in [-0.25, -0.2) is 0 Å². The van der Waals surface area contributed by atoms with E-state index in [1.807, 2.05) is 13.8 Å². The lowest BCUT2D eigenvalue weighted by atomic mass is 9.83. The molecule has 0 atom stereocenters. The average Bonchev–Trinajstić information content (AvgIpc) is 2.84. The highest BCUT2D eigenvalue weighted by molar-refractivity contribution is 5.76. The molecule has 0 fully saturated rings. The summed E-state index contributed by atoms with van der Waals surface area (Å²) in [7, 11) is 0. The largest absolute Gasteiger partial charge is 0.396 e. The zero-order valence-electron chi connectivity index (χ0n) is 11.9. The number of nitrogens with one attached hydrogen (secondary N) is 1. The second kappa shape index (κ2) is 7.23. The van der Waals surface area contributed by atoms with Gasteiger partial charge in [0.15, 0.2) is 5.82 Å². The van der Waals surface area contributed by atoms with Gasteiger partial charge in [0.1, 0.15) is 0 Å². The Hall–Kier alpha value is -1.43. The molecule has 0 saturated heterocycles. The van der Waals surface area contributed by atoms with E-state index in [-0.39, 0.29) is 17.9 Å². The predicted molar refractivity (Wildman–Crippen MR) is 70.5 cm³/mol. The molecule has 19 heavy (non-hydrogen) atoms. The molecule has 0 aliphatic heterocycles. The first-order valence-corrected chi connectivity index (χ1v) is 6.72. The first-order valence-electron chi connectivity index (χ1n) is 6.72. The Bertz CT molecular complexity index is 391. The molecule has 0 bridgehead atoms. The summed E-state index contributed by atoms with van der Waals surface area (Å²) in [6, 6.07) is 0. The zero-order chi connectivity index (χ0) is 14.3. The molecule has 6 heteroatoms. The van der Waals surface area contributed by atoms with Gasteiger partial charge in [0, 0.05) is 24.8 Å². The normalized spacial score (nSPS) is 11.6. The Balaban J connectivity index is 2.35. The summed E-state index contributed by atoms with van der Waals surface area (Å²) < 4.78 is 4.94. The van der Waals surface area contributed by atoms with Crippen molar-refractivity contribution in [1.82, 2.24) is 15.5 Å². The number of carbonyl (C=O) groups is 1. The predicted octanol–water partition coefficient (Wildman–Crippen LogP) is 1.23. The fourth-order valence-electron chi connectivity index (χ4n) is 1.82. The van der Waals surface area contributed by atoms with Crippen LogP contribution in [0.2, 0.25) is 0 Å². The molecule has 0 saturated carbocycles. The van der Waals surface area contributed by atoms with Gasteiger partial charge in [0.2, 0.25) is 11.8 Å². The molecule has 108 valence electrons. The zero-order valence-corrected chi connectivity index (χ0v) is 11.9. The molecule has 6 nitrogen and oxygen atoms in total. The molecule has 0 aromatic carbocycles. The Morgan fingerprint density at radius 2 is 2.11 bits per heavy atom. The number of carbonyl (C=O) groups excluding carboxylic acids is 1. The van der Waals surface area contributed by atoms with Crippen LogP contribution in [-0.4, -0.2) is 34.3 Å². The number of hydrogen-bond donors (Lipinski definition) is 2. The number of aryl methyl sites for hydroxylation is 2. The molecular formula is C13H23N3O3. The molecule has 1 amide bonds. The summed E-state index contributed by atoms with van der Waals surface area (Å²) in [4.78, 5) is 15.8. The highest BCUT2D eigenvalue weighted by Gasteiger charge is 2.25. The van der Waals surface area contributed by atoms with Crippen molar-refractivity contribution in [2.24, 2.45) is 5.41 Å².